The molecule has 36 heavy (non-hydrogen) atoms. The van der Waals surface area contributed by atoms with Gasteiger partial charge in [-0.1, -0.05) is 54.0 Å². The van der Waals surface area contributed by atoms with E-state index in [0.29, 0.717) is 0 Å². The van der Waals surface area contributed by atoms with Crippen LogP contribution >= 0.6 is 0 Å². The van der Waals surface area contributed by atoms with Crippen LogP contribution in [0, 0.1) is 50.2 Å². The smallest absolute Gasteiger partial charge is 0.312 e. The third kappa shape index (κ3) is 2.64. The van der Waals surface area contributed by atoms with E-state index in [9.17, 15) is 14.4 Å². The molecule has 1 saturated heterocycles. The van der Waals surface area contributed by atoms with Crippen LogP contribution in [0.15, 0.2) is 11.6 Å². The second-order valence-electron chi connectivity index (χ2n) is 15.2. The van der Waals surface area contributed by atoms with Crippen molar-refractivity contribution in [2.75, 3.05) is 7.11 Å². The Hall–Kier alpha value is -1.49. The molecule has 6 rings (SSSR count). The van der Waals surface area contributed by atoms with Crippen molar-refractivity contribution in [2.24, 2.45) is 50.2 Å². The van der Waals surface area contributed by atoms with Gasteiger partial charge in [-0.15, -0.1) is 0 Å². The van der Waals surface area contributed by atoms with Crippen LogP contribution < -0.4 is 0 Å². The van der Waals surface area contributed by atoms with E-state index in [2.05, 4.69) is 48.5 Å². The van der Waals surface area contributed by atoms with E-state index in [4.69, 9.17) is 9.47 Å². The molecular weight excluding hydrogens is 452 g/mol. The maximum Gasteiger partial charge on any atom is 0.312 e. The van der Waals surface area contributed by atoms with Crippen molar-refractivity contribution in [3.05, 3.63) is 11.6 Å². The summed E-state index contributed by atoms with van der Waals surface area (Å²) in [6.07, 6.45) is 7.77. The molecule has 0 amide bonds. The first-order valence-corrected chi connectivity index (χ1v) is 14.1. The van der Waals surface area contributed by atoms with E-state index in [1.54, 1.807) is 0 Å². The number of hydrogen-bond acceptors (Lipinski definition) is 5. The van der Waals surface area contributed by atoms with Gasteiger partial charge in [0.1, 0.15) is 12.2 Å². The third-order valence-electron chi connectivity index (χ3n) is 13.0. The number of methoxy groups -OCH3 is 1. The summed E-state index contributed by atoms with van der Waals surface area (Å²) in [6.45, 7) is 15.8. The minimum absolute atomic E-state index is 0.00518. The quantitative estimate of drug-likeness (QED) is 0.344. The molecule has 1 aliphatic heterocycles. The van der Waals surface area contributed by atoms with Gasteiger partial charge >= 0.3 is 5.97 Å². The van der Waals surface area contributed by atoms with Crippen LogP contribution in [0.25, 0.3) is 0 Å². The molecule has 0 aromatic heterocycles. The Balaban J connectivity index is 1.51. The normalized spacial score (nSPS) is 52.0. The SMILES string of the molecule is COC(=O)[C@]12CCC(C)(C)C[C@H]1[C@H]1C(=O)C=C3[C@@]4(C)[C@H]5O[C@H]5C(=O)C(C)(C)[C@@H]4CC[C@@]3(C)[C@]1(C)CC2. The lowest BCUT2D eigenvalue weighted by molar-refractivity contribution is -0.192. The number of hydrogen-bond donors (Lipinski definition) is 0. The van der Waals surface area contributed by atoms with Crippen LogP contribution in [-0.2, 0) is 23.9 Å². The number of fused-ring (bicyclic) bond motifs is 9. The van der Waals surface area contributed by atoms with Crippen molar-refractivity contribution in [3.8, 4) is 0 Å². The first kappa shape index (κ1) is 24.8. The standard InChI is InChI=1S/C31H44O5/c1-26(2)11-13-31(25(34)35-8)14-12-29(6)21(17(31)16-26)18(32)15-20-28(29,5)10-9-19-27(3,4)23(33)22-24(36-22)30(19,20)7/h15,17,19,21-22,24H,9-14,16H2,1-8H3/t17-,19-,21-,22-,24-,28+,29+,30-,31-/m0/s1. The van der Waals surface area contributed by atoms with E-state index in [-0.39, 0.29) is 69.2 Å². The summed E-state index contributed by atoms with van der Waals surface area (Å²) in [4.78, 5) is 40.9. The van der Waals surface area contributed by atoms with Crippen LogP contribution in [0.5, 0.6) is 0 Å². The lowest BCUT2D eigenvalue weighted by atomic mass is 9.34. The molecule has 0 spiro atoms. The third-order valence-corrected chi connectivity index (χ3v) is 13.0. The molecule has 4 saturated carbocycles. The van der Waals surface area contributed by atoms with Crippen LogP contribution in [0.1, 0.15) is 93.4 Å². The molecule has 5 heteroatoms. The average molecular weight is 497 g/mol. The molecule has 5 fully saturated rings. The number of epoxide rings is 1. The van der Waals surface area contributed by atoms with Gasteiger partial charge in [0, 0.05) is 16.7 Å². The zero-order chi connectivity index (χ0) is 26.3. The minimum atomic E-state index is -0.559. The molecule has 198 valence electrons. The Morgan fingerprint density at radius 1 is 0.972 bits per heavy atom. The summed E-state index contributed by atoms with van der Waals surface area (Å²) < 4.78 is 11.5. The highest BCUT2D eigenvalue weighted by Crippen LogP contribution is 2.76. The number of Topliss-reactive ketones (excluding diaryl/α,β-unsaturated/α-hetero) is 1. The fourth-order valence-corrected chi connectivity index (χ4v) is 10.7. The Labute approximate surface area is 216 Å². The first-order valence-electron chi connectivity index (χ1n) is 14.1. The predicted molar refractivity (Wildman–Crippen MR) is 136 cm³/mol. The van der Waals surface area contributed by atoms with Gasteiger partial charge in [0.25, 0.3) is 0 Å². The predicted octanol–water partition coefficient (Wildman–Crippen LogP) is 5.70. The summed E-state index contributed by atoms with van der Waals surface area (Å²) in [5.41, 5.74) is -0.434. The van der Waals surface area contributed by atoms with Gasteiger partial charge < -0.3 is 9.47 Å². The number of carbonyl (C=O) groups is 3. The molecule has 0 radical (unpaired) electrons. The molecule has 0 bridgehead atoms. The Morgan fingerprint density at radius 2 is 1.64 bits per heavy atom. The van der Waals surface area contributed by atoms with Crippen LogP contribution in [0.3, 0.4) is 0 Å². The van der Waals surface area contributed by atoms with Gasteiger partial charge in [0.15, 0.2) is 11.6 Å². The Morgan fingerprint density at radius 3 is 2.31 bits per heavy atom. The summed E-state index contributed by atoms with van der Waals surface area (Å²) in [5.74, 6) is 0.280. The molecule has 9 atom stereocenters. The monoisotopic (exact) mass is 496 g/mol. The molecular formula is C31H44O5. The van der Waals surface area contributed by atoms with Crippen molar-refractivity contribution in [2.45, 2.75) is 106 Å². The number of esters is 1. The molecule has 0 unspecified atom stereocenters. The summed E-state index contributed by atoms with van der Waals surface area (Å²) in [5, 5.41) is 0. The second-order valence-corrected chi connectivity index (χ2v) is 15.2. The summed E-state index contributed by atoms with van der Waals surface area (Å²) in [7, 11) is 1.50. The van der Waals surface area contributed by atoms with Gasteiger partial charge in [-0.2, -0.15) is 0 Å². The van der Waals surface area contributed by atoms with E-state index in [1.807, 2.05) is 6.08 Å². The molecule has 0 N–H and O–H groups in total. The molecule has 5 nitrogen and oxygen atoms in total. The number of ketones is 2. The highest BCUT2D eigenvalue weighted by atomic mass is 16.6. The van der Waals surface area contributed by atoms with E-state index in [1.165, 1.54) is 12.7 Å². The Bertz CT molecular complexity index is 1100. The Kier molecular flexibility index (Phi) is 4.78. The van der Waals surface area contributed by atoms with Crippen molar-refractivity contribution in [1.29, 1.82) is 0 Å². The molecule has 5 aliphatic carbocycles. The van der Waals surface area contributed by atoms with Gasteiger partial charge in [-0.05, 0) is 79.1 Å². The van der Waals surface area contributed by atoms with Crippen LogP contribution in [0.4, 0.5) is 0 Å². The van der Waals surface area contributed by atoms with Crippen molar-refractivity contribution in [1.82, 2.24) is 0 Å². The number of ether oxygens (including phenoxy) is 2. The van der Waals surface area contributed by atoms with Gasteiger partial charge in [-0.25, -0.2) is 0 Å². The number of allylic oxidation sites excluding steroid dienone is 1. The largest absolute Gasteiger partial charge is 0.469 e. The van der Waals surface area contributed by atoms with E-state index in [0.717, 1.165) is 44.9 Å². The minimum Gasteiger partial charge on any atom is -0.469 e. The van der Waals surface area contributed by atoms with Gasteiger partial charge in [0.2, 0.25) is 0 Å². The maximum absolute atomic E-state index is 14.4. The lowest BCUT2D eigenvalue weighted by Crippen LogP contribution is -2.67. The van der Waals surface area contributed by atoms with Crippen LogP contribution in [0.2, 0.25) is 0 Å². The van der Waals surface area contributed by atoms with Gasteiger partial charge in [-0.3, -0.25) is 14.4 Å². The molecule has 6 aliphatic rings. The highest BCUT2D eigenvalue weighted by molar-refractivity contribution is 5.97. The van der Waals surface area contributed by atoms with E-state index >= 15 is 0 Å². The molecule has 0 aromatic carbocycles. The number of carbonyl (C=O) groups excluding carboxylic acids is 3. The zero-order valence-electron chi connectivity index (χ0n) is 23.5. The zero-order valence-corrected chi connectivity index (χ0v) is 23.5. The van der Waals surface area contributed by atoms with Crippen LogP contribution in [-0.4, -0.2) is 36.9 Å². The first-order chi connectivity index (χ1) is 16.6. The molecule has 0 aromatic rings. The van der Waals surface area contributed by atoms with Crippen molar-refractivity contribution in [3.63, 3.8) is 0 Å². The summed E-state index contributed by atoms with van der Waals surface area (Å²) >= 11 is 0. The second kappa shape index (κ2) is 6.93. The van der Waals surface area contributed by atoms with Crippen molar-refractivity contribution < 1.29 is 23.9 Å². The van der Waals surface area contributed by atoms with Gasteiger partial charge in [0.05, 0.1) is 12.5 Å². The molecule has 1 heterocycles. The van der Waals surface area contributed by atoms with Crippen molar-refractivity contribution >= 4 is 17.5 Å². The average Bonchev–Trinajstić information content (AvgIpc) is 3.60. The number of rotatable bonds is 1. The fraction of sp³-hybridized carbons (Fsp3) is 0.839. The fourth-order valence-electron chi connectivity index (χ4n) is 10.7. The lowest BCUT2D eigenvalue weighted by Gasteiger charge is -2.69. The van der Waals surface area contributed by atoms with E-state index < -0.39 is 10.8 Å². The maximum atomic E-state index is 14.4. The highest BCUT2D eigenvalue weighted by Gasteiger charge is 2.76. The topological polar surface area (TPSA) is 73.0 Å². The summed E-state index contributed by atoms with van der Waals surface area (Å²) in [6, 6.07) is 0.